The van der Waals surface area contributed by atoms with Gasteiger partial charge in [-0.3, -0.25) is 4.79 Å². The van der Waals surface area contributed by atoms with E-state index in [1.54, 1.807) is 25.3 Å². The van der Waals surface area contributed by atoms with Crippen LogP contribution in [-0.4, -0.2) is 46.3 Å². The molecule has 2 aromatic rings. The van der Waals surface area contributed by atoms with E-state index < -0.39 is 0 Å². The van der Waals surface area contributed by atoms with Crippen LogP contribution < -0.4 is 20.9 Å². The standard InChI is InChI=1S/C20H26N4O3/c1-14-7-5-6-8-17(14)23-20(26)22-15-9-10-18(24(2)3)16(13-15)19(25)21-11-12-27-4/h5-10,13H,11-12H2,1-4H3,(H,21,25)(H2,22,23,26). The van der Waals surface area contributed by atoms with Crippen molar-refractivity contribution in [1.82, 2.24) is 5.32 Å². The fraction of sp³-hybridized carbons (Fsp3) is 0.300. The summed E-state index contributed by atoms with van der Waals surface area (Å²) < 4.78 is 4.96. The van der Waals surface area contributed by atoms with Crippen molar-refractivity contribution in [2.45, 2.75) is 6.92 Å². The zero-order valence-corrected chi connectivity index (χ0v) is 16.1. The first-order chi connectivity index (χ1) is 12.9. The highest BCUT2D eigenvalue weighted by atomic mass is 16.5. The molecule has 0 saturated carbocycles. The Bertz CT molecular complexity index is 806. The Morgan fingerprint density at radius 2 is 1.81 bits per heavy atom. The van der Waals surface area contributed by atoms with Crippen molar-refractivity contribution in [2.75, 3.05) is 49.9 Å². The second kappa shape index (κ2) is 9.59. The van der Waals surface area contributed by atoms with Crippen LogP contribution in [-0.2, 0) is 4.74 Å². The van der Waals surface area contributed by atoms with Crippen molar-refractivity contribution in [2.24, 2.45) is 0 Å². The topological polar surface area (TPSA) is 82.7 Å². The van der Waals surface area contributed by atoms with Gasteiger partial charge in [-0.05, 0) is 36.8 Å². The quantitative estimate of drug-likeness (QED) is 0.654. The van der Waals surface area contributed by atoms with Gasteiger partial charge in [0.25, 0.3) is 5.91 Å². The second-order valence-electron chi connectivity index (χ2n) is 6.27. The molecule has 27 heavy (non-hydrogen) atoms. The third-order valence-corrected chi connectivity index (χ3v) is 3.97. The minimum atomic E-state index is -0.368. The summed E-state index contributed by atoms with van der Waals surface area (Å²) in [5, 5.41) is 8.39. The molecule has 0 aliphatic heterocycles. The number of para-hydroxylation sites is 1. The zero-order valence-electron chi connectivity index (χ0n) is 16.1. The van der Waals surface area contributed by atoms with E-state index in [1.165, 1.54) is 0 Å². The summed E-state index contributed by atoms with van der Waals surface area (Å²) in [6.07, 6.45) is 0. The summed E-state index contributed by atoms with van der Waals surface area (Å²) in [6, 6.07) is 12.4. The molecule has 0 unspecified atom stereocenters. The highest BCUT2D eigenvalue weighted by Gasteiger charge is 2.15. The minimum Gasteiger partial charge on any atom is -0.383 e. The van der Waals surface area contributed by atoms with E-state index in [0.29, 0.717) is 24.4 Å². The number of aryl methyl sites for hydroxylation is 1. The van der Waals surface area contributed by atoms with Crippen LogP contribution in [0.5, 0.6) is 0 Å². The molecular formula is C20H26N4O3. The van der Waals surface area contributed by atoms with E-state index in [0.717, 1.165) is 16.9 Å². The highest BCUT2D eigenvalue weighted by Crippen LogP contribution is 2.23. The average Bonchev–Trinajstić information content (AvgIpc) is 2.63. The molecule has 2 rings (SSSR count). The van der Waals surface area contributed by atoms with Crippen LogP contribution in [0.25, 0.3) is 0 Å². The molecule has 3 N–H and O–H groups in total. The number of methoxy groups -OCH3 is 1. The van der Waals surface area contributed by atoms with Gasteiger partial charge >= 0.3 is 6.03 Å². The van der Waals surface area contributed by atoms with Gasteiger partial charge in [0.1, 0.15) is 0 Å². The summed E-state index contributed by atoms with van der Waals surface area (Å²) in [4.78, 5) is 26.6. The monoisotopic (exact) mass is 370 g/mol. The predicted molar refractivity (Wildman–Crippen MR) is 109 cm³/mol. The Morgan fingerprint density at radius 3 is 2.48 bits per heavy atom. The lowest BCUT2D eigenvalue weighted by Gasteiger charge is -2.18. The molecule has 7 heteroatoms. The van der Waals surface area contributed by atoms with E-state index in [9.17, 15) is 9.59 Å². The fourth-order valence-corrected chi connectivity index (χ4v) is 2.55. The van der Waals surface area contributed by atoms with Crippen molar-refractivity contribution in [3.05, 3.63) is 53.6 Å². The Morgan fingerprint density at radius 1 is 1.07 bits per heavy atom. The normalized spacial score (nSPS) is 10.2. The minimum absolute atomic E-state index is 0.223. The van der Waals surface area contributed by atoms with Crippen LogP contribution in [0.15, 0.2) is 42.5 Å². The number of rotatable bonds is 7. The molecular weight excluding hydrogens is 344 g/mol. The van der Waals surface area contributed by atoms with Crippen molar-refractivity contribution < 1.29 is 14.3 Å². The van der Waals surface area contributed by atoms with E-state index in [2.05, 4.69) is 16.0 Å². The SMILES string of the molecule is COCCNC(=O)c1cc(NC(=O)Nc2ccccc2C)ccc1N(C)C. The lowest BCUT2D eigenvalue weighted by Crippen LogP contribution is -2.29. The molecule has 0 aliphatic carbocycles. The molecule has 144 valence electrons. The molecule has 0 atom stereocenters. The van der Waals surface area contributed by atoms with Crippen LogP contribution >= 0.6 is 0 Å². The summed E-state index contributed by atoms with van der Waals surface area (Å²) in [5.41, 5.74) is 3.47. The molecule has 0 radical (unpaired) electrons. The number of nitrogens with zero attached hydrogens (tertiary/aromatic N) is 1. The Kier molecular flexibility index (Phi) is 7.19. The summed E-state index contributed by atoms with van der Waals surface area (Å²) in [6.45, 7) is 2.76. The smallest absolute Gasteiger partial charge is 0.323 e. The van der Waals surface area contributed by atoms with Crippen LogP contribution in [0.2, 0.25) is 0 Å². The van der Waals surface area contributed by atoms with Crippen LogP contribution in [0.4, 0.5) is 21.9 Å². The number of hydrogen-bond donors (Lipinski definition) is 3. The van der Waals surface area contributed by atoms with Crippen LogP contribution in [0.3, 0.4) is 0 Å². The summed E-state index contributed by atoms with van der Waals surface area (Å²) in [5.74, 6) is -0.223. The Labute approximate surface area is 159 Å². The zero-order chi connectivity index (χ0) is 19.8. The number of benzene rings is 2. The molecule has 0 heterocycles. The molecule has 0 aromatic heterocycles. The maximum absolute atomic E-state index is 12.5. The molecule has 0 bridgehead atoms. The highest BCUT2D eigenvalue weighted by molar-refractivity contribution is 6.04. The molecule has 3 amide bonds. The first kappa shape index (κ1) is 20.3. The second-order valence-corrected chi connectivity index (χ2v) is 6.27. The van der Waals surface area contributed by atoms with E-state index >= 15 is 0 Å². The number of amides is 3. The lowest BCUT2D eigenvalue weighted by molar-refractivity contribution is 0.0937. The molecule has 2 aromatic carbocycles. The number of urea groups is 1. The van der Waals surface area contributed by atoms with Crippen LogP contribution in [0.1, 0.15) is 15.9 Å². The summed E-state index contributed by atoms with van der Waals surface area (Å²) in [7, 11) is 5.30. The third-order valence-electron chi connectivity index (χ3n) is 3.97. The number of anilines is 3. The Hall–Kier alpha value is -3.06. The number of carbonyl (C=O) groups is 2. The van der Waals surface area contributed by atoms with E-state index in [4.69, 9.17) is 4.74 Å². The van der Waals surface area contributed by atoms with Gasteiger partial charge in [-0.1, -0.05) is 18.2 Å². The number of hydrogen-bond acceptors (Lipinski definition) is 4. The summed E-state index contributed by atoms with van der Waals surface area (Å²) >= 11 is 0. The maximum Gasteiger partial charge on any atom is 0.323 e. The Balaban J connectivity index is 2.15. The van der Waals surface area contributed by atoms with Crippen LogP contribution in [0, 0.1) is 6.92 Å². The van der Waals surface area contributed by atoms with Crippen molar-refractivity contribution in [3.8, 4) is 0 Å². The number of nitrogens with one attached hydrogen (secondary N) is 3. The van der Waals surface area contributed by atoms with Crippen molar-refractivity contribution in [1.29, 1.82) is 0 Å². The van der Waals surface area contributed by atoms with Gasteiger partial charge in [0.05, 0.1) is 12.2 Å². The third kappa shape index (κ3) is 5.72. The molecule has 0 saturated heterocycles. The lowest BCUT2D eigenvalue weighted by atomic mass is 10.1. The van der Waals surface area contributed by atoms with E-state index in [-0.39, 0.29) is 11.9 Å². The largest absolute Gasteiger partial charge is 0.383 e. The van der Waals surface area contributed by atoms with Gasteiger partial charge in [0.15, 0.2) is 0 Å². The van der Waals surface area contributed by atoms with E-state index in [1.807, 2.05) is 50.2 Å². The van der Waals surface area contributed by atoms with Gasteiger partial charge in [-0.15, -0.1) is 0 Å². The molecule has 0 fully saturated rings. The molecule has 0 spiro atoms. The first-order valence-corrected chi connectivity index (χ1v) is 8.64. The van der Waals surface area contributed by atoms with Crippen molar-refractivity contribution in [3.63, 3.8) is 0 Å². The van der Waals surface area contributed by atoms with Crippen molar-refractivity contribution >= 4 is 29.0 Å². The predicted octanol–water partition coefficient (Wildman–Crippen LogP) is 3.08. The number of carbonyl (C=O) groups excluding carboxylic acids is 2. The molecule has 0 aliphatic rings. The van der Waals surface area contributed by atoms with Gasteiger partial charge in [0.2, 0.25) is 0 Å². The maximum atomic E-state index is 12.5. The average molecular weight is 370 g/mol. The number of ether oxygens (including phenoxy) is 1. The van der Waals surface area contributed by atoms with Gasteiger partial charge in [-0.2, -0.15) is 0 Å². The van der Waals surface area contributed by atoms with Gasteiger partial charge < -0.3 is 25.6 Å². The fourth-order valence-electron chi connectivity index (χ4n) is 2.55. The van der Waals surface area contributed by atoms with Gasteiger partial charge in [0, 0.05) is 44.8 Å². The molecule has 7 nitrogen and oxygen atoms in total. The van der Waals surface area contributed by atoms with Gasteiger partial charge in [-0.25, -0.2) is 4.79 Å². The first-order valence-electron chi connectivity index (χ1n) is 8.64.